The normalized spacial score (nSPS) is 19.2. The lowest BCUT2D eigenvalue weighted by atomic mass is 9.89. The first-order valence-electron chi connectivity index (χ1n) is 9.68. The Hall–Kier alpha value is -2.81. The topological polar surface area (TPSA) is 88.3 Å². The number of aromatic nitrogens is 1. The molecule has 2 atom stereocenters. The summed E-state index contributed by atoms with van der Waals surface area (Å²) in [6, 6.07) is 4.47. The van der Waals surface area contributed by atoms with Crippen LogP contribution in [0.15, 0.2) is 30.5 Å². The smallest absolute Gasteiger partial charge is 0.383 e. The van der Waals surface area contributed by atoms with Gasteiger partial charge in [-0.2, -0.15) is 13.2 Å². The number of aryl methyl sites for hydroxylation is 1. The number of hydrogen-bond acceptors (Lipinski definition) is 4. The summed E-state index contributed by atoms with van der Waals surface area (Å²) in [4.78, 5) is 30.9. The molecule has 1 aromatic heterocycles. The van der Waals surface area contributed by atoms with Gasteiger partial charge >= 0.3 is 18.0 Å². The van der Waals surface area contributed by atoms with E-state index in [1.165, 1.54) is 23.2 Å². The Morgan fingerprint density at radius 2 is 1.97 bits per heavy atom. The highest BCUT2D eigenvalue weighted by Gasteiger charge is 2.37. The second-order valence-corrected chi connectivity index (χ2v) is 8.18. The summed E-state index contributed by atoms with van der Waals surface area (Å²) in [5.74, 6) is -1.18. The Morgan fingerprint density at radius 3 is 2.58 bits per heavy atom. The van der Waals surface area contributed by atoms with Crippen molar-refractivity contribution in [3.8, 4) is 0 Å². The minimum atomic E-state index is -4.57. The summed E-state index contributed by atoms with van der Waals surface area (Å²) < 4.78 is 39.1. The molecule has 1 aromatic carbocycles. The molecule has 2 amide bonds. The van der Waals surface area contributed by atoms with Crippen molar-refractivity contribution >= 4 is 34.9 Å². The van der Waals surface area contributed by atoms with Gasteiger partial charge in [-0.1, -0.05) is 24.6 Å². The van der Waals surface area contributed by atoms with Gasteiger partial charge in [0.05, 0.1) is 28.5 Å². The first-order valence-corrected chi connectivity index (χ1v) is 10.1. The zero-order valence-corrected chi connectivity index (χ0v) is 17.7. The fourth-order valence-corrected chi connectivity index (χ4v) is 3.96. The van der Waals surface area contributed by atoms with Crippen molar-refractivity contribution in [2.24, 2.45) is 5.92 Å². The number of anilines is 2. The van der Waals surface area contributed by atoms with Crippen LogP contribution in [0.2, 0.25) is 5.02 Å². The number of pyridine rings is 1. The van der Waals surface area contributed by atoms with E-state index in [-0.39, 0.29) is 5.92 Å². The monoisotopic (exact) mass is 454 g/mol. The Morgan fingerprint density at radius 1 is 1.26 bits per heavy atom. The lowest BCUT2D eigenvalue weighted by Crippen LogP contribution is -2.46. The number of rotatable bonds is 2. The van der Waals surface area contributed by atoms with Crippen molar-refractivity contribution in [1.29, 1.82) is 0 Å². The molecule has 0 unspecified atom stereocenters. The quantitative estimate of drug-likeness (QED) is 0.650. The molecule has 2 heterocycles. The second-order valence-electron chi connectivity index (χ2n) is 7.77. The summed E-state index contributed by atoms with van der Waals surface area (Å²) in [5, 5.41) is 2.07. The highest BCUT2D eigenvalue weighted by molar-refractivity contribution is 6.39. The van der Waals surface area contributed by atoms with Crippen molar-refractivity contribution in [3.63, 3.8) is 0 Å². The molecule has 0 saturated carbocycles. The first kappa shape index (κ1) is 22.9. The number of nitrogens with zero attached hydrogens (tertiary/aromatic N) is 2. The third kappa shape index (κ3) is 5.10. The number of benzene rings is 1. The number of carbonyl (C=O) groups excluding carboxylic acids is 2. The standard InChI is InChI=1S/C21H22ClF3N4O2/c1-11-3-6-17(13-4-5-15(16(22)8-13)21(23,24)25)29(10-11)20(31)19(30)28-14-7-12(2)18(26)27-9-14/h4-5,7-9,11,17H,3,6,10H2,1-2H3,(H2,26,27)(H,28,30)/t11-,17+/m0/s1. The van der Waals surface area contributed by atoms with Gasteiger partial charge in [-0.25, -0.2) is 4.98 Å². The molecule has 6 nitrogen and oxygen atoms in total. The van der Waals surface area contributed by atoms with E-state index in [2.05, 4.69) is 10.3 Å². The van der Waals surface area contributed by atoms with E-state index in [4.69, 9.17) is 17.3 Å². The average Bonchev–Trinajstić information content (AvgIpc) is 2.69. The summed E-state index contributed by atoms with van der Waals surface area (Å²) in [5.41, 5.74) is 6.15. The van der Waals surface area contributed by atoms with Crippen LogP contribution in [0.3, 0.4) is 0 Å². The van der Waals surface area contributed by atoms with Gasteiger partial charge in [0, 0.05) is 6.54 Å². The number of likely N-dealkylation sites (tertiary alicyclic amines) is 1. The van der Waals surface area contributed by atoms with Gasteiger partial charge in [-0.15, -0.1) is 0 Å². The number of nitrogen functional groups attached to an aromatic ring is 1. The minimum Gasteiger partial charge on any atom is -0.383 e. The van der Waals surface area contributed by atoms with Gasteiger partial charge in [0.15, 0.2) is 0 Å². The van der Waals surface area contributed by atoms with E-state index >= 15 is 0 Å². The number of hydrogen-bond donors (Lipinski definition) is 2. The molecule has 1 aliphatic rings. The molecule has 166 valence electrons. The number of nitrogens with one attached hydrogen (secondary N) is 1. The first-order chi connectivity index (χ1) is 14.5. The van der Waals surface area contributed by atoms with Gasteiger partial charge in [0.1, 0.15) is 5.82 Å². The number of alkyl halides is 3. The van der Waals surface area contributed by atoms with Crippen LogP contribution in [0.4, 0.5) is 24.7 Å². The number of nitrogens with two attached hydrogens (primary N) is 1. The maximum atomic E-state index is 13.0. The van der Waals surface area contributed by atoms with Crippen LogP contribution in [0.25, 0.3) is 0 Å². The lowest BCUT2D eigenvalue weighted by molar-refractivity contribution is -0.146. The molecule has 1 aliphatic heterocycles. The number of halogens is 4. The van der Waals surface area contributed by atoms with Gasteiger partial charge < -0.3 is 16.0 Å². The molecular formula is C21H22ClF3N4O2. The maximum Gasteiger partial charge on any atom is 0.417 e. The van der Waals surface area contributed by atoms with E-state index < -0.39 is 34.6 Å². The van der Waals surface area contributed by atoms with Crippen molar-refractivity contribution < 1.29 is 22.8 Å². The third-order valence-corrected chi connectivity index (χ3v) is 5.65. The van der Waals surface area contributed by atoms with Gasteiger partial charge in [-0.05, 0) is 55.0 Å². The van der Waals surface area contributed by atoms with Crippen molar-refractivity contribution in [1.82, 2.24) is 9.88 Å². The molecular weight excluding hydrogens is 433 g/mol. The van der Waals surface area contributed by atoms with Gasteiger partial charge in [0.25, 0.3) is 0 Å². The average molecular weight is 455 g/mol. The van der Waals surface area contributed by atoms with Crippen LogP contribution in [-0.2, 0) is 15.8 Å². The molecule has 0 aliphatic carbocycles. The molecule has 0 spiro atoms. The fraction of sp³-hybridized carbons (Fsp3) is 0.381. The van der Waals surface area contributed by atoms with Crippen LogP contribution in [-0.4, -0.2) is 28.2 Å². The molecule has 3 N–H and O–H groups in total. The minimum absolute atomic E-state index is 0.137. The number of carbonyl (C=O) groups is 2. The molecule has 0 radical (unpaired) electrons. The predicted molar refractivity (Wildman–Crippen MR) is 111 cm³/mol. The van der Waals surface area contributed by atoms with Crippen molar-refractivity contribution in [2.75, 3.05) is 17.6 Å². The van der Waals surface area contributed by atoms with E-state index in [1.54, 1.807) is 13.0 Å². The third-order valence-electron chi connectivity index (χ3n) is 5.33. The van der Waals surface area contributed by atoms with E-state index in [0.717, 1.165) is 12.5 Å². The summed E-state index contributed by atoms with van der Waals surface area (Å²) in [7, 11) is 0. The van der Waals surface area contributed by atoms with E-state index in [9.17, 15) is 22.8 Å². The maximum absolute atomic E-state index is 13.0. The zero-order valence-electron chi connectivity index (χ0n) is 17.0. The SMILES string of the molecule is Cc1cc(NC(=O)C(=O)N2C[C@@H](C)CC[C@@H]2c2ccc(C(F)(F)F)c(Cl)c2)cnc1N. The number of piperidine rings is 1. The van der Waals surface area contributed by atoms with Crippen molar-refractivity contribution in [3.05, 3.63) is 52.2 Å². The molecule has 1 saturated heterocycles. The van der Waals surface area contributed by atoms with Crippen LogP contribution in [0.1, 0.15) is 42.5 Å². The Balaban J connectivity index is 1.84. The Kier molecular flexibility index (Phi) is 6.45. The Bertz CT molecular complexity index is 1010. The highest BCUT2D eigenvalue weighted by atomic mass is 35.5. The van der Waals surface area contributed by atoms with E-state index in [1.807, 2.05) is 6.92 Å². The fourth-order valence-electron chi connectivity index (χ4n) is 3.66. The van der Waals surface area contributed by atoms with Crippen LogP contribution < -0.4 is 11.1 Å². The predicted octanol–water partition coefficient (Wildman–Crippen LogP) is 4.58. The van der Waals surface area contributed by atoms with Crippen molar-refractivity contribution in [2.45, 2.75) is 38.9 Å². The molecule has 31 heavy (non-hydrogen) atoms. The second kappa shape index (κ2) is 8.74. The van der Waals surface area contributed by atoms with Gasteiger partial charge in [0.2, 0.25) is 0 Å². The summed E-state index contributed by atoms with van der Waals surface area (Å²) in [6.45, 7) is 3.96. The van der Waals surface area contributed by atoms with Crippen LogP contribution >= 0.6 is 11.6 Å². The van der Waals surface area contributed by atoms with Crippen LogP contribution in [0, 0.1) is 12.8 Å². The summed E-state index contributed by atoms with van der Waals surface area (Å²) >= 11 is 5.87. The zero-order chi connectivity index (χ0) is 22.9. The number of amides is 2. The van der Waals surface area contributed by atoms with E-state index in [0.29, 0.717) is 35.6 Å². The Labute approximate surface area is 182 Å². The molecule has 3 rings (SSSR count). The highest BCUT2D eigenvalue weighted by Crippen LogP contribution is 2.39. The van der Waals surface area contributed by atoms with Crippen LogP contribution in [0.5, 0.6) is 0 Å². The molecule has 0 bridgehead atoms. The molecule has 10 heteroatoms. The van der Waals surface area contributed by atoms with Gasteiger partial charge in [-0.3, -0.25) is 9.59 Å². The summed E-state index contributed by atoms with van der Waals surface area (Å²) in [6.07, 6.45) is -1.96. The molecule has 1 fully saturated rings. The lowest BCUT2D eigenvalue weighted by Gasteiger charge is -2.38. The molecule has 2 aromatic rings. The largest absolute Gasteiger partial charge is 0.417 e.